The number of aromatic nitrogens is 1. The fourth-order valence-electron chi connectivity index (χ4n) is 2.47. The largest absolute Gasteiger partial charge is 0.488 e. The molecule has 0 radical (unpaired) electrons. The van der Waals surface area contributed by atoms with Crippen molar-refractivity contribution in [1.82, 2.24) is 4.98 Å². The number of hydrogen-bond acceptors (Lipinski definition) is 4. The molecule has 5 heteroatoms. The van der Waals surface area contributed by atoms with E-state index >= 15 is 0 Å². The SMILES string of the molecule is CCOc1c(NCCc2c[nH]c3ccccc23)c(=O)c1=O. The number of ether oxygens (including phenoxy) is 1. The van der Waals surface area contributed by atoms with Gasteiger partial charge >= 0.3 is 0 Å². The first-order chi connectivity index (χ1) is 10.2. The van der Waals surface area contributed by atoms with E-state index in [9.17, 15) is 9.59 Å². The van der Waals surface area contributed by atoms with E-state index in [2.05, 4.69) is 16.4 Å². The van der Waals surface area contributed by atoms with Crippen molar-refractivity contribution >= 4 is 16.6 Å². The molecule has 5 nitrogen and oxygen atoms in total. The molecule has 1 aromatic heterocycles. The van der Waals surface area contributed by atoms with Gasteiger partial charge in [0, 0.05) is 23.6 Å². The molecule has 21 heavy (non-hydrogen) atoms. The van der Waals surface area contributed by atoms with Crippen molar-refractivity contribution in [2.75, 3.05) is 18.5 Å². The molecule has 3 aromatic rings. The van der Waals surface area contributed by atoms with E-state index < -0.39 is 10.9 Å². The van der Waals surface area contributed by atoms with Gasteiger partial charge in [-0.25, -0.2) is 0 Å². The van der Waals surface area contributed by atoms with Gasteiger partial charge < -0.3 is 15.0 Å². The lowest BCUT2D eigenvalue weighted by atomic mass is 10.1. The number of fused-ring (bicyclic) bond motifs is 1. The van der Waals surface area contributed by atoms with Crippen molar-refractivity contribution in [1.29, 1.82) is 0 Å². The molecule has 2 aromatic carbocycles. The monoisotopic (exact) mass is 284 g/mol. The summed E-state index contributed by atoms with van der Waals surface area (Å²) in [6.45, 7) is 2.74. The van der Waals surface area contributed by atoms with Crippen LogP contribution in [0.15, 0.2) is 40.1 Å². The van der Waals surface area contributed by atoms with Crippen LogP contribution in [0.1, 0.15) is 12.5 Å². The molecule has 3 rings (SSSR count). The third kappa shape index (κ3) is 2.31. The van der Waals surface area contributed by atoms with Crippen molar-refractivity contribution < 1.29 is 4.74 Å². The average molecular weight is 284 g/mol. The van der Waals surface area contributed by atoms with E-state index in [0.717, 1.165) is 11.9 Å². The highest BCUT2D eigenvalue weighted by Crippen LogP contribution is 2.20. The molecule has 0 aliphatic rings. The van der Waals surface area contributed by atoms with Gasteiger partial charge in [0.25, 0.3) is 10.9 Å². The van der Waals surface area contributed by atoms with Crippen molar-refractivity contribution in [3.63, 3.8) is 0 Å². The molecule has 0 amide bonds. The van der Waals surface area contributed by atoms with Gasteiger partial charge in [-0.15, -0.1) is 0 Å². The highest BCUT2D eigenvalue weighted by molar-refractivity contribution is 5.83. The number of nitrogens with one attached hydrogen (secondary N) is 2. The zero-order valence-corrected chi connectivity index (χ0v) is 11.7. The molecule has 0 spiro atoms. The normalized spacial score (nSPS) is 11.1. The quantitative estimate of drug-likeness (QED) is 0.677. The summed E-state index contributed by atoms with van der Waals surface area (Å²) in [5, 5.41) is 4.18. The number of para-hydroxylation sites is 1. The van der Waals surface area contributed by atoms with Gasteiger partial charge in [-0.3, -0.25) is 9.59 Å². The molecule has 0 saturated carbocycles. The Labute approximate surface area is 121 Å². The van der Waals surface area contributed by atoms with Crippen LogP contribution in [-0.2, 0) is 6.42 Å². The Morgan fingerprint density at radius 3 is 2.81 bits per heavy atom. The second-order valence-electron chi connectivity index (χ2n) is 4.83. The van der Waals surface area contributed by atoms with E-state index in [-0.39, 0.29) is 5.75 Å². The lowest BCUT2D eigenvalue weighted by molar-refractivity contribution is 0.335. The molecule has 0 saturated heterocycles. The third-order valence-corrected chi connectivity index (χ3v) is 3.53. The minimum atomic E-state index is -0.536. The summed E-state index contributed by atoms with van der Waals surface area (Å²) in [4.78, 5) is 26.1. The van der Waals surface area contributed by atoms with E-state index in [1.165, 1.54) is 10.9 Å². The van der Waals surface area contributed by atoms with Crippen LogP contribution in [-0.4, -0.2) is 18.1 Å². The van der Waals surface area contributed by atoms with Crippen LogP contribution in [0.2, 0.25) is 0 Å². The summed E-state index contributed by atoms with van der Waals surface area (Å²) in [5.74, 6) is 0.168. The van der Waals surface area contributed by atoms with Gasteiger partial charge in [0.1, 0.15) is 5.69 Å². The van der Waals surface area contributed by atoms with Gasteiger partial charge in [0.05, 0.1) is 6.61 Å². The molecule has 108 valence electrons. The minimum absolute atomic E-state index is 0.168. The Morgan fingerprint density at radius 1 is 1.19 bits per heavy atom. The third-order valence-electron chi connectivity index (χ3n) is 3.53. The van der Waals surface area contributed by atoms with Crippen LogP contribution in [0.25, 0.3) is 10.9 Å². The predicted molar refractivity (Wildman–Crippen MR) is 83.0 cm³/mol. The smallest absolute Gasteiger partial charge is 0.272 e. The van der Waals surface area contributed by atoms with E-state index in [1.54, 1.807) is 6.92 Å². The Kier molecular flexibility index (Phi) is 3.48. The standard InChI is InChI=1S/C16H16N2O3/c1-2-21-16-13(14(19)15(16)20)17-8-7-10-9-18-12-6-4-3-5-11(10)12/h3-6,9,17-18H,2,7-8H2,1H3. The highest BCUT2D eigenvalue weighted by Gasteiger charge is 2.21. The summed E-state index contributed by atoms with van der Waals surface area (Å²) in [6, 6.07) is 8.07. The average Bonchev–Trinajstić information content (AvgIpc) is 2.93. The van der Waals surface area contributed by atoms with Gasteiger partial charge in [-0.2, -0.15) is 0 Å². The van der Waals surface area contributed by atoms with Crippen LogP contribution in [0, 0.1) is 0 Å². The van der Waals surface area contributed by atoms with E-state index in [1.807, 2.05) is 24.4 Å². The fraction of sp³-hybridized carbons (Fsp3) is 0.250. The van der Waals surface area contributed by atoms with Crippen LogP contribution < -0.4 is 20.9 Å². The van der Waals surface area contributed by atoms with Crippen molar-refractivity contribution in [3.05, 3.63) is 56.5 Å². The van der Waals surface area contributed by atoms with Crippen LogP contribution in [0.4, 0.5) is 5.69 Å². The first kappa shape index (κ1) is 13.4. The topological polar surface area (TPSA) is 71.2 Å². The zero-order chi connectivity index (χ0) is 14.8. The van der Waals surface area contributed by atoms with Crippen molar-refractivity contribution in [2.24, 2.45) is 0 Å². The maximum atomic E-state index is 11.5. The maximum Gasteiger partial charge on any atom is 0.272 e. The van der Waals surface area contributed by atoms with Crippen LogP contribution in [0.5, 0.6) is 5.75 Å². The first-order valence-electron chi connectivity index (χ1n) is 6.97. The van der Waals surface area contributed by atoms with Crippen LogP contribution >= 0.6 is 0 Å². The molecule has 2 N–H and O–H groups in total. The summed E-state index contributed by atoms with van der Waals surface area (Å²) >= 11 is 0. The lowest BCUT2D eigenvalue weighted by Gasteiger charge is -2.12. The van der Waals surface area contributed by atoms with Crippen molar-refractivity contribution in [3.8, 4) is 5.75 Å². The molecule has 0 aliphatic carbocycles. The number of H-pyrrole nitrogens is 1. The summed E-state index contributed by atoms with van der Waals surface area (Å²) in [6.07, 6.45) is 2.73. The zero-order valence-electron chi connectivity index (χ0n) is 11.7. The Hall–Kier alpha value is -2.56. The Bertz CT molecular complexity index is 841. The number of aromatic amines is 1. The first-order valence-corrected chi connectivity index (χ1v) is 6.97. The summed E-state index contributed by atoms with van der Waals surface area (Å²) in [5.41, 5.74) is 1.55. The second-order valence-corrected chi connectivity index (χ2v) is 4.83. The fourth-order valence-corrected chi connectivity index (χ4v) is 2.47. The predicted octanol–water partition coefficient (Wildman–Crippen LogP) is 1.82. The number of benzene rings is 1. The van der Waals surface area contributed by atoms with E-state index in [0.29, 0.717) is 18.8 Å². The van der Waals surface area contributed by atoms with E-state index in [4.69, 9.17) is 4.74 Å². The van der Waals surface area contributed by atoms with Gasteiger partial charge in [-0.1, -0.05) is 18.2 Å². The molecular formula is C16H16N2O3. The van der Waals surface area contributed by atoms with Crippen LogP contribution in [0.3, 0.4) is 0 Å². The second kappa shape index (κ2) is 5.44. The Balaban J connectivity index is 1.68. The highest BCUT2D eigenvalue weighted by atomic mass is 16.5. The molecule has 1 heterocycles. The van der Waals surface area contributed by atoms with Gasteiger partial charge in [-0.05, 0) is 25.0 Å². The molecule has 0 aliphatic heterocycles. The molecular weight excluding hydrogens is 268 g/mol. The maximum absolute atomic E-state index is 11.5. The number of rotatable bonds is 6. The minimum Gasteiger partial charge on any atom is -0.488 e. The van der Waals surface area contributed by atoms with Gasteiger partial charge in [0.15, 0.2) is 5.75 Å². The summed E-state index contributed by atoms with van der Waals surface area (Å²) in [7, 11) is 0. The summed E-state index contributed by atoms with van der Waals surface area (Å²) < 4.78 is 5.17. The molecule has 0 atom stereocenters. The van der Waals surface area contributed by atoms with Gasteiger partial charge in [0.2, 0.25) is 0 Å². The Morgan fingerprint density at radius 2 is 2.00 bits per heavy atom. The molecule has 0 unspecified atom stereocenters. The van der Waals surface area contributed by atoms with Crippen molar-refractivity contribution in [2.45, 2.75) is 13.3 Å². The lowest BCUT2D eigenvalue weighted by Crippen LogP contribution is -2.36. The molecule has 0 fully saturated rings. The number of hydrogen-bond donors (Lipinski definition) is 2. The number of anilines is 1. The molecule has 0 bridgehead atoms.